The molecule has 18 heavy (non-hydrogen) atoms. The van der Waals surface area contributed by atoms with Crippen LogP contribution in [0, 0.1) is 23.2 Å². The standard InChI is InChI=1S/C15H22O3/c1-8-4-5-11(16)15(3)7-6-10-9(2)14(17)18-13(10)12(8)15/h4,9-13,16H,5-7H2,1-3H3/t9-,10-,11-,12+,13+,15-/m0/s1. The summed E-state index contributed by atoms with van der Waals surface area (Å²) in [7, 11) is 0. The van der Waals surface area contributed by atoms with E-state index in [1.54, 1.807) is 0 Å². The molecule has 3 heteroatoms. The maximum atomic E-state index is 11.8. The molecule has 1 saturated heterocycles. The van der Waals surface area contributed by atoms with E-state index < -0.39 is 0 Å². The first kappa shape index (κ1) is 12.2. The van der Waals surface area contributed by atoms with E-state index in [4.69, 9.17) is 4.74 Å². The van der Waals surface area contributed by atoms with Crippen molar-refractivity contribution < 1.29 is 14.6 Å². The van der Waals surface area contributed by atoms with Crippen LogP contribution >= 0.6 is 0 Å². The Balaban J connectivity index is 2.00. The number of carbonyl (C=O) groups is 1. The van der Waals surface area contributed by atoms with Crippen LogP contribution in [0.3, 0.4) is 0 Å². The minimum atomic E-state index is -0.304. The zero-order valence-electron chi connectivity index (χ0n) is 11.3. The fraction of sp³-hybridized carbons (Fsp3) is 0.800. The predicted octanol–water partition coefficient (Wildman–Crippen LogP) is 2.29. The average Bonchev–Trinajstić information content (AvgIpc) is 2.60. The molecule has 1 N–H and O–H groups in total. The largest absolute Gasteiger partial charge is 0.461 e. The summed E-state index contributed by atoms with van der Waals surface area (Å²) in [6, 6.07) is 0. The monoisotopic (exact) mass is 250 g/mol. The van der Waals surface area contributed by atoms with Crippen molar-refractivity contribution in [1.82, 2.24) is 0 Å². The first-order valence-electron chi connectivity index (χ1n) is 7.00. The molecule has 6 atom stereocenters. The van der Waals surface area contributed by atoms with Gasteiger partial charge in [0.15, 0.2) is 0 Å². The van der Waals surface area contributed by atoms with Gasteiger partial charge in [0.05, 0.1) is 12.0 Å². The molecule has 0 amide bonds. The third-order valence-electron chi connectivity index (χ3n) is 5.66. The van der Waals surface area contributed by atoms with E-state index in [9.17, 15) is 9.90 Å². The molecule has 0 aromatic carbocycles. The van der Waals surface area contributed by atoms with Gasteiger partial charge in [0.2, 0.25) is 0 Å². The highest BCUT2D eigenvalue weighted by molar-refractivity contribution is 5.75. The highest BCUT2D eigenvalue weighted by atomic mass is 16.6. The van der Waals surface area contributed by atoms with E-state index in [1.165, 1.54) is 5.57 Å². The van der Waals surface area contributed by atoms with Crippen molar-refractivity contribution in [2.24, 2.45) is 23.2 Å². The molecule has 0 spiro atoms. The molecule has 0 radical (unpaired) electrons. The number of carbonyl (C=O) groups excluding carboxylic acids is 1. The predicted molar refractivity (Wildman–Crippen MR) is 67.7 cm³/mol. The molecule has 1 aliphatic heterocycles. The van der Waals surface area contributed by atoms with Gasteiger partial charge in [-0.3, -0.25) is 4.79 Å². The third kappa shape index (κ3) is 1.43. The van der Waals surface area contributed by atoms with E-state index in [0.29, 0.717) is 5.92 Å². The summed E-state index contributed by atoms with van der Waals surface area (Å²) < 4.78 is 5.64. The maximum absolute atomic E-state index is 11.8. The number of fused-ring (bicyclic) bond motifs is 3. The van der Waals surface area contributed by atoms with Crippen molar-refractivity contribution in [3.8, 4) is 0 Å². The Morgan fingerprint density at radius 2 is 2.22 bits per heavy atom. The fourth-order valence-corrected chi connectivity index (χ4v) is 4.37. The van der Waals surface area contributed by atoms with Gasteiger partial charge < -0.3 is 9.84 Å². The van der Waals surface area contributed by atoms with Gasteiger partial charge in [0.1, 0.15) is 6.10 Å². The number of aliphatic hydroxyl groups is 1. The molecule has 2 aliphatic carbocycles. The summed E-state index contributed by atoms with van der Waals surface area (Å²) in [6.45, 7) is 6.26. The highest BCUT2D eigenvalue weighted by Gasteiger charge is 2.58. The van der Waals surface area contributed by atoms with E-state index in [2.05, 4.69) is 19.9 Å². The second kappa shape index (κ2) is 3.83. The Labute approximate surface area is 108 Å². The van der Waals surface area contributed by atoms with Crippen LogP contribution in [0.4, 0.5) is 0 Å². The molecule has 0 bridgehead atoms. The second-order valence-electron chi connectivity index (χ2n) is 6.58. The average molecular weight is 250 g/mol. The van der Waals surface area contributed by atoms with E-state index in [1.807, 2.05) is 6.92 Å². The van der Waals surface area contributed by atoms with Gasteiger partial charge in [0.25, 0.3) is 0 Å². The van der Waals surface area contributed by atoms with Crippen LogP contribution in [0.25, 0.3) is 0 Å². The van der Waals surface area contributed by atoms with E-state index >= 15 is 0 Å². The zero-order chi connectivity index (χ0) is 13.1. The van der Waals surface area contributed by atoms with Gasteiger partial charge in [-0.15, -0.1) is 0 Å². The Bertz CT molecular complexity index is 414. The van der Waals surface area contributed by atoms with E-state index in [0.717, 1.165) is 19.3 Å². The summed E-state index contributed by atoms with van der Waals surface area (Å²) in [5.74, 6) is 0.506. The van der Waals surface area contributed by atoms with Gasteiger partial charge in [-0.1, -0.05) is 25.5 Å². The van der Waals surface area contributed by atoms with Crippen molar-refractivity contribution >= 4 is 5.97 Å². The lowest BCUT2D eigenvalue weighted by atomic mass is 9.55. The van der Waals surface area contributed by atoms with Crippen LogP contribution in [0.5, 0.6) is 0 Å². The molecule has 2 fully saturated rings. The zero-order valence-corrected chi connectivity index (χ0v) is 11.3. The molecule has 0 unspecified atom stereocenters. The minimum Gasteiger partial charge on any atom is -0.461 e. The fourth-order valence-electron chi connectivity index (χ4n) is 4.37. The lowest BCUT2D eigenvalue weighted by molar-refractivity contribution is -0.151. The normalized spacial score (nSPS) is 51.2. The Morgan fingerprint density at radius 3 is 2.94 bits per heavy atom. The Morgan fingerprint density at radius 1 is 1.50 bits per heavy atom. The van der Waals surface area contributed by atoms with E-state index in [-0.39, 0.29) is 35.4 Å². The molecule has 3 aliphatic rings. The molecular weight excluding hydrogens is 228 g/mol. The molecule has 0 aromatic rings. The highest BCUT2D eigenvalue weighted by Crippen LogP contribution is 2.56. The Hall–Kier alpha value is -0.830. The number of ether oxygens (including phenoxy) is 1. The molecule has 3 rings (SSSR count). The summed E-state index contributed by atoms with van der Waals surface area (Å²) in [5.41, 5.74) is 1.17. The van der Waals surface area contributed by atoms with Crippen LogP contribution in [-0.4, -0.2) is 23.3 Å². The van der Waals surface area contributed by atoms with Gasteiger partial charge in [-0.25, -0.2) is 0 Å². The van der Waals surface area contributed by atoms with Crippen molar-refractivity contribution in [2.45, 2.75) is 52.2 Å². The lowest BCUT2D eigenvalue weighted by Gasteiger charge is -2.51. The summed E-state index contributed by atoms with van der Waals surface area (Å²) in [5, 5.41) is 10.3. The first-order chi connectivity index (χ1) is 8.45. The lowest BCUT2D eigenvalue weighted by Crippen LogP contribution is -2.52. The van der Waals surface area contributed by atoms with Gasteiger partial charge in [-0.05, 0) is 26.2 Å². The molecule has 1 saturated carbocycles. The van der Waals surface area contributed by atoms with Crippen LogP contribution in [0.15, 0.2) is 11.6 Å². The van der Waals surface area contributed by atoms with Crippen molar-refractivity contribution in [2.75, 3.05) is 0 Å². The topological polar surface area (TPSA) is 46.5 Å². The second-order valence-corrected chi connectivity index (χ2v) is 6.58. The third-order valence-corrected chi connectivity index (χ3v) is 5.66. The number of esters is 1. The quantitative estimate of drug-likeness (QED) is 0.530. The van der Waals surface area contributed by atoms with Crippen LogP contribution in [-0.2, 0) is 9.53 Å². The minimum absolute atomic E-state index is 0.0163. The smallest absolute Gasteiger partial charge is 0.309 e. The molecular formula is C15H22O3. The van der Waals surface area contributed by atoms with Gasteiger partial charge in [0, 0.05) is 17.3 Å². The Kier molecular flexibility index (Phi) is 2.60. The maximum Gasteiger partial charge on any atom is 0.309 e. The van der Waals surface area contributed by atoms with Crippen LogP contribution in [0.1, 0.15) is 40.0 Å². The van der Waals surface area contributed by atoms with Crippen molar-refractivity contribution in [3.63, 3.8) is 0 Å². The summed E-state index contributed by atoms with van der Waals surface area (Å²) in [4.78, 5) is 11.8. The van der Waals surface area contributed by atoms with Gasteiger partial charge >= 0.3 is 5.97 Å². The van der Waals surface area contributed by atoms with Crippen molar-refractivity contribution in [3.05, 3.63) is 11.6 Å². The molecule has 3 nitrogen and oxygen atoms in total. The number of rotatable bonds is 0. The SMILES string of the molecule is CC1=CC[C@H](O)[C@]2(C)CC[C@@H]3[C@@H](OC(=O)[C@H]3C)[C@@H]12. The van der Waals surface area contributed by atoms with Gasteiger partial charge in [-0.2, -0.15) is 0 Å². The summed E-state index contributed by atoms with van der Waals surface area (Å²) in [6.07, 6.45) is 4.52. The van der Waals surface area contributed by atoms with Crippen LogP contribution < -0.4 is 0 Å². The van der Waals surface area contributed by atoms with Crippen molar-refractivity contribution in [1.29, 1.82) is 0 Å². The molecule has 1 heterocycles. The molecule has 100 valence electrons. The van der Waals surface area contributed by atoms with Crippen LogP contribution in [0.2, 0.25) is 0 Å². The summed E-state index contributed by atoms with van der Waals surface area (Å²) >= 11 is 0. The number of hydrogen-bond donors (Lipinski definition) is 1. The first-order valence-corrected chi connectivity index (χ1v) is 7.00. The number of hydrogen-bond acceptors (Lipinski definition) is 3. The number of aliphatic hydroxyl groups excluding tert-OH is 1. The molecule has 0 aromatic heterocycles.